The van der Waals surface area contributed by atoms with Crippen LogP contribution in [0.1, 0.15) is 73.9 Å². The number of fused-ring (bicyclic) bond motifs is 2. The first-order chi connectivity index (χ1) is 10.1. The predicted octanol–water partition coefficient (Wildman–Crippen LogP) is 3.72. The summed E-state index contributed by atoms with van der Waals surface area (Å²) >= 11 is 1.98. The molecule has 1 N–H and O–H groups in total. The summed E-state index contributed by atoms with van der Waals surface area (Å²) in [5.41, 5.74) is 1.34. The molecule has 0 radical (unpaired) electrons. The average molecular weight is 308 g/mol. The van der Waals surface area contributed by atoms with E-state index in [2.05, 4.69) is 38.0 Å². The maximum Gasteiger partial charge on any atom is 0.0963 e. The highest BCUT2D eigenvalue weighted by Crippen LogP contribution is 2.44. The van der Waals surface area contributed by atoms with E-state index in [0.29, 0.717) is 11.8 Å². The van der Waals surface area contributed by atoms with Crippen molar-refractivity contribution in [3.63, 3.8) is 0 Å². The van der Waals surface area contributed by atoms with Crippen molar-refractivity contribution in [3.8, 4) is 0 Å². The van der Waals surface area contributed by atoms with Crippen molar-refractivity contribution in [2.75, 3.05) is 13.6 Å². The Bertz CT molecular complexity index is 468. The minimum atomic E-state index is 0.534. The van der Waals surface area contributed by atoms with Gasteiger partial charge >= 0.3 is 0 Å². The third kappa shape index (κ3) is 3.03. The van der Waals surface area contributed by atoms with Gasteiger partial charge in [0.25, 0.3) is 0 Å². The number of nitrogens with one attached hydrogen (secondary N) is 1. The van der Waals surface area contributed by atoms with Gasteiger partial charge in [-0.1, -0.05) is 20.8 Å². The van der Waals surface area contributed by atoms with E-state index in [4.69, 9.17) is 4.98 Å². The molecule has 21 heavy (non-hydrogen) atoms. The first kappa shape index (κ1) is 15.4. The summed E-state index contributed by atoms with van der Waals surface area (Å²) in [7, 11) is 2.32. The number of hydrogen-bond acceptors (Lipinski definition) is 4. The van der Waals surface area contributed by atoms with Crippen molar-refractivity contribution in [2.24, 2.45) is 0 Å². The van der Waals surface area contributed by atoms with Gasteiger partial charge in [-0.05, 0) is 45.2 Å². The Morgan fingerprint density at radius 1 is 1.29 bits per heavy atom. The lowest BCUT2D eigenvalue weighted by Crippen LogP contribution is -2.39. The quantitative estimate of drug-likeness (QED) is 0.898. The van der Waals surface area contributed by atoms with Gasteiger partial charge in [-0.2, -0.15) is 0 Å². The van der Waals surface area contributed by atoms with Crippen molar-refractivity contribution in [3.05, 3.63) is 15.6 Å². The van der Waals surface area contributed by atoms with E-state index < -0.39 is 0 Å². The molecule has 2 aliphatic rings. The standard InChI is InChI=1S/C17H29N3S/c1-5-18-10-15-16(11(2)3)19-17(21-15)12-8-13-6-7-14(9-12)20(13)4/h11-14,18H,5-10H2,1-4H3. The highest BCUT2D eigenvalue weighted by atomic mass is 32.1. The molecule has 0 aromatic carbocycles. The van der Waals surface area contributed by atoms with E-state index >= 15 is 0 Å². The molecule has 0 aliphatic carbocycles. The largest absolute Gasteiger partial charge is 0.312 e. The lowest BCUT2D eigenvalue weighted by molar-refractivity contribution is 0.161. The van der Waals surface area contributed by atoms with Gasteiger partial charge in [0, 0.05) is 29.4 Å². The fraction of sp³-hybridized carbons (Fsp3) is 0.824. The van der Waals surface area contributed by atoms with Gasteiger partial charge in [-0.3, -0.25) is 0 Å². The van der Waals surface area contributed by atoms with E-state index in [1.165, 1.54) is 41.3 Å². The average Bonchev–Trinajstić information content (AvgIpc) is 2.94. The number of piperidine rings is 1. The van der Waals surface area contributed by atoms with E-state index in [-0.39, 0.29) is 0 Å². The zero-order chi connectivity index (χ0) is 15.0. The Morgan fingerprint density at radius 2 is 1.95 bits per heavy atom. The summed E-state index contributed by atoms with van der Waals surface area (Å²) in [4.78, 5) is 9.15. The lowest BCUT2D eigenvalue weighted by Gasteiger charge is -2.35. The summed E-state index contributed by atoms with van der Waals surface area (Å²) < 4.78 is 0. The molecule has 3 heterocycles. The number of aromatic nitrogens is 1. The maximum absolute atomic E-state index is 5.07. The van der Waals surface area contributed by atoms with E-state index in [0.717, 1.165) is 25.2 Å². The highest BCUT2D eigenvalue weighted by Gasteiger charge is 2.40. The molecule has 0 spiro atoms. The van der Waals surface area contributed by atoms with Gasteiger partial charge < -0.3 is 10.2 Å². The molecule has 0 amide bonds. The summed E-state index contributed by atoms with van der Waals surface area (Å²) in [6, 6.07) is 1.61. The number of thiazole rings is 1. The number of rotatable bonds is 5. The monoisotopic (exact) mass is 307 g/mol. The summed E-state index contributed by atoms with van der Waals surface area (Å²) in [5.74, 6) is 1.24. The molecular formula is C17H29N3S. The Morgan fingerprint density at radius 3 is 2.52 bits per heavy atom. The smallest absolute Gasteiger partial charge is 0.0963 e. The van der Waals surface area contributed by atoms with Crippen LogP contribution in [-0.4, -0.2) is 35.6 Å². The topological polar surface area (TPSA) is 28.2 Å². The van der Waals surface area contributed by atoms with Crippen LogP contribution in [0.2, 0.25) is 0 Å². The Labute approximate surface area is 133 Å². The van der Waals surface area contributed by atoms with Gasteiger partial charge in [-0.15, -0.1) is 11.3 Å². The van der Waals surface area contributed by atoms with Crippen LogP contribution in [0.15, 0.2) is 0 Å². The number of hydrogen-bond donors (Lipinski definition) is 1. The second-order valence-electron chi connectivity index (χ2n) is 7.01. The summed E-state index contributed by atoms with van der Waals surface area (Å²) in [6.45, 7) is 8.73. The fourth-order valence-electron chi connectivity index (χ4n) is 3.99. The minimum Gasteiger partial charge on any atom is -0.312 e. The molecular weight excluding hydrogens is 278 g/mol. The molecule has 2 unspecified atom stereocenters. The van der Waals surface area contributed by atoms with Crippen LogP contribution in [0.5, 0.6) is 0 Å². The predicted molar refractivity (Wildman–Crippen MR) is 90.1 cm³/mol. The van der Waals surface area contributed by atoms with Crippen LogP contribution >= 0.6 is 11.3 Å². The van der Waals surface area contributed by atoms with E-state index in [9.17, 15) is 0 Å². The van der Waals surface area contributed by atoms with Gasteiger partial charge in [0.1, 0.15) is 0 Å². The second-order valence-corrected chi connectivity index (χ2v) is 8.13. The lowest BCUT2D eigenvalue weighted by atomic mass is 9.91. The van der Waals surface area contributed by atoms with Crippen molar-refractivity contribution in [1.82, 2.24) is 15.2 Å². The maximum atomic E-state index is 5.07. The molecule has 3 nitrogen and oxygen atoms in total. The summed E-state index contributed by atoms with van der Waals surface area (Å²) in [6.07, 6.45) is 5.42. The van der Waals surface area contributed by atoms with Crippen LogP contribution in [0.3, 0.4) is 0 Å². The first-order valence-corrected chi connectivity index (χ1v) is 9.33. The minimum absolute atomic E-state index is 0.534. The SMILES string of the molecule is CCNCc1sc(C2CC3CCC(C2)N3C)nc1C(C)C. The van der Waals surface area contributed by atoms with E-state index in [1.807, 2.05) is 11.3 Å². The molecule has 3 rings (SSSR count). The molecule has 4 heteroatoms. The van der Waals surface area contributed by atoms with Crippen molar-refractivity contribution in [2.45, 2.75) is 76.9 Å². The molecule has 118 valence electrons. The van der Waals surface area contributed by atoms with Crippen molar-refractivity contribution < 1.29 is 0 Å². The highest BCUT2D eigenvalue weighted by molar-refractivity contribution is 7.11. The summed E-state index contributed by atoms with van der Waals surface area (Å²) in [5, 5.41) is 4.89. The molecule has 2 bridgehead atoms. The Kier molecular flexibility index (Phi) is 4.67. The molecule has 2 saturated heterocycles. The van der Waals surface area contributed by atoms with E-state index in [1.54, 1.807) is 0 Å². The fourth-order valence-corrected chi connectivity index (χ4v) is 5.30. The van der Waals surface area contributed by atoms with Crippen molar-refractivity contribution >= 4 is 11.3 Å². The zero-order valence-electron chi connectivity index (χ0n) is 13.9. The van der Waals surface area contributed by atoms with Gasteiger partial charge in [0.2, 0.25) is 0 Å². The van der Waals surface area contributed by atoms with Crippen LogP contribution in [0, 0.1) is 0 Å². The molecule has 1 aromatic heterocycles. The van der Waals surface area contributed by atoms with Crippen LogP contribution in [0.4, 0.5) is 0 Å². The first-order valence-electron chi connectivity index (χ1n) is 8.52. The third-order valence-electron chi connectivity index (χ3n) is 5.27. The molecule has 2 atom stereocenters. The van der Waals surface area contributed by atoms with Crippen molar-refractivity contribution in [1.29, 1.82) is 0 Å². The molecule has 2 aliphatic heterocycles. The molecule has 0 saturated carbocycles. The normalized spacial score (nSPS) is 29.5. The van der Waals surface area contributed by atoms with Crippen LogP contribution in [-0.2, 0) is 6.54 Å². The zero-order valence-corrected chi connectivity index (χ0v) is 14.7. The Balaban J connectivity index is 1.79. The van der Waals surface area contributed by atoms with Crippen LogP contribution in [0.25, 0.3) is 0 Å². The number of nitrogens with zero attached hydrogens (tertiary/aromatic N) is 2. The van der Waals surface area contributed by atoms with Gasteiger partial charge in [0.15, 0.2) is 0 Å². The van der Waals surface area contributed by atoms with Crippen LogP contribution < -0.4 is 5.32 Å². The van der Waals surface area contributed by atoms with Gasteiger partial charge in [-0.25, -0.2) is 4.98 Å². The Hall–Kier alpha value is -0.450. The van der Waals surface area contributed by atoms with Gasteiger partial charge in [0.05, 0.1) is 10.7 Å². The molecule has 2 fully saturated rings. The molecule has 1 aromatic rings. The third-order valence-corrected chi connectivity index (χ3v) is 6.51. The second kappa shape index (κ2) is 6.35.